The number of hydrogen-bond acceptors (Lipinski definition) is 7. The first-order valence-corrected chi connectivity index (χ1v) is 6.94. The molecule has 0 aliphatic carbocycles. The third-order valence-corrected chi connectivity index (χ3v) is 3.27. The van der Waals surface area contributed by atoms with Crippen molar-refractivity contribution in [2.45, 2.75) is 6.61 Å². The van der Waals surface area contributed by atoms with Crippen molar-refractivity contribution in [3.8, 4) is 5.75 Å². The van der Waals surface area contributed by atoms with Gasteiger partial charge in [-0.1, -0.05) is 0 Å². The van der Waals surface area contributed by atoms with Crippen LogP contribution < -0.4 is 20.7 Å². The van der Waals surface area contributed by atoms with Crippen molar-refractivity contribution in [1.29, 1.82) is 0 Å². The van der Waals surface area contributed by atoms with E-state index in [1.165, 1.54) is 0 Å². The molecule has 1 fully saturated rings. The van der Waals surface area contributed by atoms with Gasteiger partial charge in [0.15, 0.2) is 11.6 Å². The van der Waals surface area contributed by atoms with Gasteiger partial charge in [-0.3, -0.25) is 0 Å². The maximum absolute atomic E-state index is 5.86. The minimum Gasteiger partial charge on any atom is -0.483 e. The van der Waals surface area contributed by atoms with Gasteiger partial charge in [0.25, 0.3) is 0 Å². The Morgan fingerprint density at radius 2 is 2.05 bits per heavy atom. The Bertz CT molecular complexity index is 600. The van der Waals surface area contributed by atoms with Crippen LogP contribution in [0.3, 0.4) is 0 Å². The van der Waals surface area contributed by atoms with Gasteiger partial charge in [-0.25, -0.2) is 15.0 Å². The molecule has 7 nitrogen and oxygen atoms in total. The van der Waals surface area contributed by atoms with Crippen molar-refractivity contribution in [2.24, 2.45) is 0 Å². The predicted octanol–water partition coefficient (Wildman–Crippen LogP) is 0.442. The highest BCUT2D eigenvalue weighted by Gasteiger charge is 2.16. The van der Waals surface area contributed by atoms with Gasteiger partial charge in [-0.05, 0) is 18.2 Å². The lowest BCUT2D eigenvalue weighted by atomic mass is 10.3. The van der Waals surface area contributed by atoms with Crippen LogP contribution in [0, 0.1) is 0 Å². The molecule has 3 heterocycles. The number of anilines is 2. The first kappa shape index (κ1) is 13.6. The number of nitrogens with two attached hydrogens (primary N) is 1. The van der Waals surface area contributed by atoms with Crippen LogP contribution in [0.25, 0.3) is 0 Å². The van der Waals surface area contributed by atoms with Crippen molar-refractivity contribution in [1.82, 2.24) is 20.3 Å². The van der Waals surface area contributed by atoms with Crippen molar-refractivity contribution in [3.63, 3.8) is 0 Å². The van der Waals surface area contributed by atoms with E-state index in [2.05, 4.69) is 25.2 Å². The fourth-order valence-corrected chi connectivity index (χ4v) is 2.25. The Morgan fingerprint density at radius 1 is 1.19 bits per heavy atom. The van der Waals surface area contributed by atoms with E-state index < -0.39 is 0 Å². The van der Waals surface area contributed by atoms with E-state index in [-0.39, 0.29) is 5.95 Å². The standard InChI is InChI=1S/C14H18N6O/c15-14-18-5-3-11(19-14)10-21-12-2-1-4-17-13(12)20-8-6-16-7-9-20/h1-5,16H,6-10H2,(H2,15,18,19). The third-order valence-electron chi connectivity index (χ3n) is 3.27. The maximum Gasteiger partial charge on any atom is 0.220 e. The molecule has 0 spiro atoms. The molecule has 3 rings (SSSR count). The number of nitrogen functional groups attached to an aromatic ring is 1. The summed E-state index contributed by atoms with van der Waals surface area (Å²) in [5.74, 6) is 1.89. The predicted molar refractivity (Wildman–Crippen MR) is 80.1 cm³/mol. The van der Waals surface area contributed by atoms with E-state index in [0.717, 1.165) is 43.4 Å². The largest absolute Gasteiger partial charge is 0.483 e. The molecule has 1 aliphatic heterocycles. The molecule has 21 heavy (non-hydrogen) atoms. The summed E-state index contributed by atoms with van der Waals surface area (Å²) in [6.45, 7) is 4.11. The van der Waals surface area contributed by atoms with Crippen LogP contribution in [0.2, 0.25) is 0 Å². The fourth-order valence-electron chi connectivity index (χ4n) is 2.25. The fraction of sp³-hybridized carbons (Fsp3) is 0.357. The Labute approximate surface area is 123 Å². The molecule has 0 amide bonds. The summed E-state index contributed by atoms with van der Waals surface area (Å²) in [4.78, 5) is 14.7. The molecule has 1 aliphatic rings. The van der Waals surface area contributed by atoms with Crippen LogP contribution >= 0.6 is 0 Å². The minimum absolute atomic E-state index is 0.254. The second-order valence-corrected chi connectivity index (χ2v) is 4.76. The number of ether oxygens (including phenoxy) is 1. The topological polar surface area (TPSA) is 89.2 Å². The summed E-state index contributed by atoms with van der Waals surface area (Å²) >= 11 is 0. The van der Waals surface area contributed by atoms with Crippen LogP contribution in [0.4, 0.5) is 11.8 Å². The second-order valence-electron chi connectivity index (χ2n) is 4.76. The Balaban J connectivity index is 1.73. The maximum atomic E-state index is 5.86. The average Bonchev–Trinajstić information content (AvgIpc) is 2.54. The normalized spacial score (nSPS) is 15.0. The summed E-state index contributed by atoms with van der Waals surface area (Å²) in [7, 11) is 0. The molecule has 0 radical (unpaired) electrons. The van der Waals surface area contributed by atoms with Crippen LogP contribution in [-0.2, 0) is 6.61 Å². The van der Waals surface area contributed by atoms with Crippen LogP contribution in [0.1, 0.15) is 5.69 Å². The summed E-state index contributed by atoms with van der Waals surface area (Å²) in [6, 6.07) is 5.58. The highest BCUT2D eigenvalue weighted by Crippen LogP contribution is 2.26. The number of nitrogens with zero attached hydrogens (tertiary/aromatic N) is 4. The van der Waals surface area contributed by atoms with E-state index >= 15 is 0 Å². The number of nitrogens with one attached hydrogen (secondary N) is 1. The zero-order valence-corrected chi connectivity index (χ0v) is 11.7. The molecule has 3 N–H and O–H groups in total. The third kappa shape index (κ3) is 3.38. The zero-order chi connectivity index (χ0) is 14.5. The smallest absolute Gasteiger partial charge is 0.220 e. The SMILES string of the molecule is Nc1nccc(COc2cccnc2N2CCNCC2)n1. The molecular formula is C14H18N6O. The van der Waals surface area contributed by atoms with Crippen molar-refractivity contribution in [3.05, 3.63) is 36.3 Å². The summed E-state index contributed by atoms with van der Waals surface area (Å²) in [5, 5.41) is 3.33. The van der Waals surface area contributed by atoms with E-state index in [1.807, 2.05) is 12.1 Å². The Hall–Kier alpha value is -2.41. The monoisotopic (exact) mass is 286 g/mol. The second kappa shape index (κ2) is 6.36. The summed E-state index contributed by atoms with van der Waals surface area (Å²) in [6.07, 6.45) is 3.41. The van der Waals surface area contributed by atoms with E-state index in [1.54, 1.807) is 18.5 Å². The number of hydrogen-bond donors (Lipinski definition) is 2. The van der Waals surface area contributed by atoms with Gasteiger partial charge >= 0.3 is 0 Å². The number of pyridine rings is 1. The Morgan fingerprint density at radius 3 is 2.86 bits per heavy atom. The van der Waals surface area contributed by atoms with Gasteiger partial charge in [-0.15, -0.1) is 0 Å². The summed E-state index contributed by atoms with van der Waals surface area (Å²) in [5.41, 5.74) is 6.32. The molecular weight excluding hydrogens is 268 g/mol. The van der Waals surface area contributed by atoms with Gasteiger partial charge in [-0.2, -0.15) is 0 Å². The van der Waals surface area contributed by atoms with E-state index in [0.29, 0.717) is 6.61 Å². The van der Waals surface area contributed by atoms with Gasteiger partial charge in [0.2, 0.25) is 5.95 Å². The first-order chi connectivity index (χ1) is 10.3. The first-order valence-electron chi connectivity index (χ1n) is 6.94. The molecule has 7 heteroatoms. The Kier molecular flexibility index (Phi) is 4.11. The lowest BCUT2D eigenvalue weighted by Crippen LogP contribution is -2.44. The van der Waals surface area contributed by atoms with Crippen LogP contribution in [-0.4, -0.2) is 41.1 Å². The number of aromatic nitrogens is 3. The molecule has 2 aromatic heterocycles. The van der Waals surface area contributed by atoms with E-state index in [9.17, 15) is 0 Å². The molecule has 1 saturated heterocycles. The number of rotatable bonds is 4. The molecule has 0 unspecified atom stereocenters. The van der Waals surface area contributed by atoms with Gasteiger partial charge < -0.3 is 20.7 Å². The molecule has 0 saturated carbocycles. The number of piperazine rings is 1. The molecule has 0 aromatic carbocycles. The van der Waals surface area contributed by atoms with Crippen molar-refractivity contribution in [2.75, 3.05) is 36.8 Å². The van der Waals surface area contributed by atoms with Crippen molar-refractivity contribution < 1.29 is 4.74 Å². The van der Waals surface area contributed by atoms with Crippen molar-refractivity contribution >= 4 is 11.8 Å². The zero-order valence-electron chi connectivity index (χ0n) is 11.7. The molecule has 110 valence electrons. The minimum atomic E-state index is 0.254. The quantitative estimate of drug-likeness (QED) is 0.843. The lowest BCUT2D eigenvalue weighted by molar-refractivity contribution is 0.300. The van der Waals surface area contributed by atoms with Gasteiger partial charge in [0, 0.05) is 38.6 Å². The van der Waals surface area contributed by atoms with E-state index in [4.69, 9.17) is 10.5 Å². The highest BCUT2D eigenvalue weighted by molar-refractivity contribution is 5.52. The lowest BCUT2D eigenvalue weighted by Gasteiger charge is -2.29. The summed E-state index contributed by atoms with van der Waals surface area (Å²) < 4.78 is 5.86. The van der Waals surface area contributed by atoms with Gasteiger partial charge in [0.1, 0.15) is 6.61 Å². The molecule has 2 aromatic rings. The molecule has 0 bridgehead atoms. The highest BCUT2D eigenvalue weighted by atomic mass is 16.5. The van der Waals surface area contributed by atoms with Gasteiger partial charge in [0.05, 0.1) is 5.69 Å². The molecule has 0 atom stereocenters. The van der Waals surface area contributed by atoms with Crippen LogP contribution in [0.5, 0.6) is 5.75 Å². The average molecular weight is 286 g/mol. The van der Waals surface area contributed by atoms with Crippen LogP contribution in [0.15, 0.2) is 30.6 Å².